The molecular formula is C30H26O5. The second-order valence-electron chi connectivity index (χ2n) is 7.97. The number of esters is 2. The molecule has 0 spiro atoms. The lowest BCUT2D eigenvalue weighted by Crippen LogP contribution is -2.28. The molecule has 4 aromatic rings. The summed E-state index contributed by atoms with van der Waals surface area (Å²) in [6, 6.07) is 33.7. The van der Waals surface area contributed by atoms with Gasteiger partial charge in [-0.15, -0.1) is 0 Å². The van der Waals surface area contributed by atoms with Gasteiger partial charge in [-0.05, 0) is 53.9 Å². The summed E-state index contributed by atoms with van der Waals surface area (Å²) in [6.07, 6.45) is -0.207. The van der Waals surface area contributed by atoms with Gasteiger partial charge in [0.2, 0.25) is 0 Å². The summed E-state index contributed by atoms with van der Waals surface area (Å²) in [4.78, 5) is 24.9. The number of benzene rings is 4. The molecule has 1 unspecified atom stereocenters. The van der Waals surface area contributed by atoms with Crippen LogP contribution in [0.2, 0.25) is 0 Å². The third kappa shape index (κ3) is 6.81. The van der Waals surface area contributed by atoms with E-state index in [-0.39, 0.29) is 12.4 Å². The number of hydrogen-bond acceptors (Lipinski definition) is 5. The molecule has 0 aliphatic carbocycles. The normalized spacial score (nSPS) is 11.3. The summed E-state index contributed by atoms with van der Waals surface area (Å²) in [5, 5.41) is 0. The van der Waals surface area contributed by atoms with Crippen LogP contribution in [0, 0.1) is 0 Å². The minimum absolute atomic E-state index is 0.252. The van der Waals surface area contributed by atoms with E-state index in [9.17, 15) is 9.59 Å². The lowest BCUT2D eigenvalue weighted by Gasteiger charge is -2.14. The quantitative estimate of drug-likeness (QED) is 0.219. The first-order chi connectivity index (χ1) is 17.1. The van der Waals surface area contributed by atoms with Gasteiger partial charge in [0.15, 0.2) is 6.10 Å². The van der Waals surface area contributed by atoms with E-state index in [0.29, 0.717) is 17.7 Å². The van der Waals surface area contributed by atoms with Crippen molar-refractivity contribution in [3.05, 3.63) is 120 Å². The molecular weight excluding hydrogens is 440 g/mol. The highest BCUT2D eigenvalue weighted by atomic mass is 16.6. The van der Waals surface area contributed by atoms with Gasteiger partial charge < -0.3 is 14.2 Å². The van der Waals surface area contributed by atoms with Crippen molar-refractivity contribution in [3.63, 3.8) is 0 Å². The maximum absolute atomic E-state index is 12.6. The van der Waals surface area contributed by atoms with Gasteiger partial charge in [-0.2, -0.15) is 0 Å². The van der Waals surface area contributed by atoms with Crippen molar-refractivity contribution in [1.29, 1.82) is 0 Å². The lowest BCUT2D eigenvalue weighted by molar-refractivity contribution is -0.141. The van der Waals surface area contributed by atoms with Gasteiger partial charge >= 0.3 is 11.9 Å². The van der Waals surface area contributed by atoms with Gasteiger partial charge in [-0.25, -0.2) is 9.59 Å². The largest absolute Gasteiger partial charge is 0.479 e. The van der Waals surface area contributed by atoms with E-state index in [1.165, 1.54) is 6.07 Å². The minimum atomic E-state index is -0.834. The second-order valence-corrected chi connectivity index (χ2v) is 7.97. The topological polar surface area (TPSA) is 61.8 Å². The number of hydrogen-bond donors (Lipinski definition) is 0. The average molecular weight is 467 g/mol. The Morgan fingerprint density at radius 2 is 1.37 bits per heavy atom. The van der Waals surface area contributed by atoms with Crippen LogP contribution in [-0.4, -0.2) is 24.6 Å². The van der Waals surface area contributed by atoms with Crippen LogP contribution in [0.4, 0.5) is 0 Å². The van der Waals surface area contributed by atoms with E-state index in [1.54, 1.807) is 25.1 Å². The molecule has 0 aromatic heterocycles. The van der Waals surface area contributed by atoms with E-state index in [1.807, 2.05) is 84.9 Å². The Bertz CT molecular complexity index is 1250. The molecule has 35 heavy (non-hydrogen) atoms. The Hall–Kier alpha value is -4.38. The molecule has 0 aliphatic heterocycles. The first-order valence-corrected chi connectivity index (χ1v) is 11.4. The fourth-order valence-electron chi connectivity index (χ4n) is 3.48. The van der Waals surface area contributed by atoms with E-state index >= 15 is 0 Å². The van der Waals surface area contributed by atoms with Crippen molar-refractivity contribution in [2.24, 2.45) is 0 Å². The number of carbonyl (C=O) groups is 2. The van der Waals surface area contributed by atoms with Gasteiger partial charge in [0, 0.05) is 6.42 Å². The van der Waals surface area contributed by atoms with Crippen LogP contribution in [0.25, 0.3) is 11.1 Å². The summed E-state index contributed by atoms with van der Waals surface area (Å²) in [5.74, 6) is -0.222. The molecule has 4 aromatic carbocycles. The SMILES string of the molecule is CC(Oc1ccc(-c2ccccc2)cc1)C(=O)Oc1cccc(C(=O)OCCc2ccccc2)c1. The standard InChI is InChI=1S/C30H26O5/c1-22(34-27-17-15-25(16-18-27)24-11-6-3-7-12-24)29(31)35-28-14-8-13-26(21-28)30(32)33-20-19-23-9-4-2-5-10-23/h2-18,21-22H,19-20H2,1H3. The van der Waals surface area contributed by atoms with Gasteiger partial charge in [-0.3, -0.25) is 0 Å². The first-order valence-electron chi connectivity index (χ1n) is 11.4. The number of rotatable bonds is 9. The predicted molar refractivity (Wildman–Crippen MR) is 134 cm³/mol. The van der Waals surface area contributed by atoms with Crippen molar-refractivity contribution in [2.75, 3.05) is 6.61 Å². The molecule has 0 heterocycles. The second kappa shape index (κ2) is 11.7. The highest BCUT2D eigenvalue weighted by Crippen LogP contribution is 2.23. The van der Waals surface area contributed by atoms with Gasteiger partial charge in [-0.1, -0.05) is 78.9 Å². The highest BCUT2D eigenvalue weighted by Gasteiger charge is 2.18. The molecule has 0 radical (unpaired) electrons. The molecule has 5 heteroatoms. The van der Waals surface area contributed by atoms with Crippen LogP contribution in [0.15, 0.2) is 109 Å². The monoisotopic (exact) mass is 466 g/mol. The molecule has 0 saturated heterocycles. The zero-order valence-electron chi connectivity index (χ0n) is 19.4. The summed E-state index contributed by atoms with van der Waals surface area (Å²) in [7, 11) is 0. The average Bonchev–Trinajstić information content (AvgIpc) is 2.90. The van der Waals surface area contributed by atoms with Crippen molar-refractivity contribution in [3.8, 4) is 22.6 Å². The summed E-state index contributed by atoms with van der Waals surface area (Å²) in [6.45, 7) is 1.88. The fraction of sp³-hybridized carbons (Fsp3) is 0.133. The third-order valence-corrected chi connectivity index (χ3v) is 5.36. The Labute approximate surface area is 204 Å². The Kier molecular flexibility index (Phi) is 7.92. The van der Waals surface area contributed by atoms with Gasteiger partial charge in [0.25, 0.3) is 0 Å². The molecule has 176 valence electrons. The van der Waals surface area contributed by atoms with Crippen LogP contribution in [-0.2, 0) is 16.0 Å². The van der Waals surface area contributed by atoms with E-state index in [2.05, 4.69) is 0 Å². The summed E-state index contributed by atoms with van der Waals surface area (Å²) < 4.78 is 16.5. The minimum Gasteiger partial charge on any atom is -0.479 e. The van der Waals surface area contributed by atoms with Crippen LogP contribution < -0.4 is 9.47 Å². The Balaban J connectivity index is 1.29. The zero-order valence-corrected chi connectivity index (χ0v) is 19.4. The molecule has 4 rings (SSSR count). The fourth-order valence-corrected chi connectivity index (χ4v) is 3.48. The lowest BCUT2D eigenvalue weighted by atomic mass is 10.1. The van der Waals surface area contributed by atoms with Gasteiger partial charge in [0.05, 0.1) is 12.2 Å². The smallest absolute Gasteiger partial charge is 0.352 e. The van der Waals surface area contributed by atoms with E-state index in [4.69, 9.17) is 14.2 Å². The van der Waals surface area contributed by atoms with Gasteiger partial charge in [0.1, 0.15) is 11.5 Å². The van der Waals surface area contributed by atoms with Crippen LogP contribution in [0.1, 0.15) is 22.8 Å². The number of carbonyl (C=O) groups excluding carboxylic acids is 2. The van der Waals surface area contributed by atoms with Crippen LogP contribution in [0.3, 0.4) is 0 Å². The van der Waals surface area contributed by atoms with Crippen LogP contribution in [0.5, 0.6) is 11.5 Å². The molecule has 0 bridgehead atoms. The molecule has 5 nitrogen and oxygen atoms in total. The van der Waals surface area contributed by atoms with Crippen molar-refractivity contribution in [1.82, 2.24) is 0 Å². The highest BCUT2D eigenvalue weighted by molar-refractivity contribution is 5.90. The van der Waals surface area contributed by atoms with E-state index in [0.717, 1.165) is 16.7 Å². The van der Waals surface area contributed by atoms with E-state index < -0.39 is 18.0 Å². The summed E-state index contributed by atoms with van der Waals surface area (Å²) in [5.41, 5.74) is 3.56. The maximum Gasteiger partial charge on any atom is 0.352 e. The van der Waals surface area contributed by atoms with Crippen molar-refractivity contribution in [2.45, 2.75) is 19.4 Å². The molecule has 0 amide bonds. The molecule has 0 fully saturated rings. The molecule has 1 atom stereocenters. The first kappa shape index (κ1) is 23.8. The molecule has 0 N–H and O–H groups in total. The molecule has 0 saturated carbocycles. The van der Waals surface area contributed by atoms with Crippen molar-refractivity contribution < 1.29 is 23.8 Å². The third-order valence-electron chi connectivity index (χ3n) is 5.36. The summed E-state index contributed by atoms with van der Waals surface area (Å²) >= 11 is 0. The zero-order chi connectivity index (χ0) is 24.5. The number of ether oxygens (including phenoxy) is 3. The molecule has 0 aliphatic rings. The predicted octanol–water partition coefficient (Wildman–Crippen LogP) is 6.13. The Morgan fingerprint density at radius 3 is 2.09 bits per heavy atom. The maximum atomic E-state index is 12.6. The van der Waals surface area contributed by atoms with Crippen molar-refractivity contribution >= 4 is 11.9 Å². The Morgan fingerprint density at radius 1 is 0.714 bits per heavy atom. The van der Waals surface area contributed by atoms with Crippen LogP contribution >= 0.6 is 0 Å².